The van der Waals surface area contributed by atoms with Crippen LogP contribution in [0.5, 0.6) is 0 Å². The van der Waals surface area contributed by atoms with Crippen molar-refractivity contribution >= 4 is 5.91 Å². The van der Waals surface area contributed by atoms with Crippen LogP contribution in [-0.4, -0.2) is 23.9 Å². The summed E-state index contributed by atoms with van der Waals surface area (Å²) in [4.78, 5) is 12.8. The van der Waals surface area contributed by atoms with E-state index in [0.717, 1.165) is 10.5 Å². The van der Waals surface area contributed by atoms with Crippen molar-refractivity contribution in [3.63, 3.8) is 0 Å². The molecule has 0 heterocycles. The SMILES string of the molecule is CCN(CC)C(=O)C(F)(F)c1ccc(C)cc1. The van der Waals surface area contributed by atoms with Crippen molar-refractivity contribution in [3.05, 3.63) is 35.4 Å². The highest BCUT2D eigenvalue weighted by Crippen LogP contribution is 2.30. The Labute approximate surface area is 100 Å². The largest absolute Gasteiger partial charge is 0.349 e. The van der Waals surface area contributed by atoms with Gasteiger partial charge < -0.3 is 4.90 Å². The normalized spacial score (nSPS) is 11.4. The maximum absolute atomic E-state index is 13.9. The van der Waals surface area contributed by atoms with Crippen LogP contribution in [0.2, 0.25) is 0 Å². The van der Waals surface area contributed by atoms with Gasteiger partial charge in [0.1, 0.15) is 0 Å². The molecule has 0 saturated carbocycles. The minimum atomic E-state index is -3.44. The minimum absolute atomic E-state index is 0.250. The second-order valence-electron chi connectivity index (χ2n) is 3.92. The molecule has 1 amide bonds. The van der Waals surface area contributed by atoms with Gasteiger partial charge in [0, 0.05) is 18.7 Å². The smallest absolute Gasteiger partial charge is 0.338 e. The van der Waals surface area contributed by atoms with Crippen molar-refractivity contribution in [1.29, 1.82) is 0 Å². The van der Waals surface area contributed by atoms with E-state index in [1.807, 2.05) is 6.92 Å². The first kappa shape index (κ1) is 13.6. The Bertz CT molecular complexity index is 383. The van der Waals surface area contributed by atoms with Gasteiger partial charge in [0.05, 0.1) is 0 Å². The van der Waals surface area contributed by atoms with Gasteiger partial charge in [0.15, 0.2) is 0 Å². The monoisotopic (exact) mass is 241 g/mol. The van der Waals surface area contributed by atoms with Crippen molar-refractivity contribution in [3.8, 4) is 0 Å². The number of carbonyl (C=O) groups excluding carboxylic acids is 1. The van der Waals surface area contributed by atoms with Crippen LogP contribution >= 0.6 is 0 Å². The third kappa shape index (κ3) is 2.81. The van der Waals surface area contributed by atoms with Gasteiger partial charge in [-0.15, -0.1) is 0 Å². The molecule has 0 aliphatic carbocycles. The predicted molar refractivity (Wildman–Crippen MR) is 63.0 cm³/mol. The van der Waals surface area contributed by atoms with E-state index in [2.05, 4.69) is 0 Å². The summed E-state index contributed by atoms with van der Waals surface area (Å²) >= 11 is 0. The van der Waals surface area contributed by atoms with Gasteiger partial charge in [-0.2, -0.15) is 8.78 Å². The second kappa shape index (κ2) is 5.25. The lowest BCUT2D eigenvalue weighted by Gasteiger charge is -2.24. The van der Waals surface area contributed by atoms with E-state index in [1.165, 1.54) is 12.1 Å². The Kier molecular flexibility index (Phi) is 4.21. The van der Waals surface area contributed by atoms with E-state index in [-0.39, 0.29) is 18.7 Å². The Hall–Kier alpha value is -1.45. The molecule has 0 aliphatic rings. The van der Waals surface area contributed by atoms with Gasteiger partial charge in [-0.05, 0) is 20.8 Å². The molecule has 4 heteroatoms. The van der Waals surface area contributed by atoms with E-state index in [1.54, 1.807) is 26.0 Å². The van der Waals surface area contributed by atoms with Crippen molar-refractivity contribution in [2.45, 2.75) is 26.7 Å². The molecule has 0 unspecified atom stereocenters. The Morgan fingerprint density at radius 1 is 1.18 bits per heavy atom. The fourth-order valence-electron chi connectivity index (χ4n) is 1.60. The van der Waals surface area contributed by atoms with Crippen LogP contribution in [-0.2, 0) is 10.7 Å². The molecule has 0 radical (unpaired) electrons. The predicted octanol–water partition coefficient (Wildman–Crippen LogP) is 2.96. The zero-order chi connectivity index (χ0) is 13.1. The number of rotatable bonds is 4. The lowest BCUT2D eigenvalue weighted by atomic mass is 10.1. The van der Waals surface area contributed by atoms with Crippen LogP contribution in [0, 0.1) is 6.92 Å². The topological polar surface area (TPSA) is 20.3 Å². The van der Waals surface area contributed by atoms with Crippen molar-refractivity contribution in [1.82, 2.24) is 4.90 Å². The number of benzene rings is 1. The highest BCUT2D eigenvalue weighted by atomic mass is 19.3. The summed E-state index contributed by atoms with van der Waals surface area (Å²) in [7, 11) is 0. The van der Waals surface area contributed by atoms with E-state index >= 15 is 0 Å². The number of carbonyl (C=O) groups is 1. The van der Waals surface area contributed by atoms with Crippen molar-refractivity contribution in [2.24, 2.45) is 0 Å². The summed E-state index contributed by atoms with van der Waals surface area (Å²) < 4.78 is 27.8. The number of aryl methyl sites for hydroxylation is 1. The lowest BCUT2D eigenvalue weighted by molar-refractivity contribution is -0.158. The first-order chi connectivity index (χ1) is 7.93. The van der Waals surface area contributed by atoms with Crippen LogP contribution in [0.15, 0.2) is 24.3 Å². The summed E-state index contributed by atoms with van der Waals surface area (Å²) in [5.41, 5.74) is 0.639. The zero-order valence-corrected chi connectivity index (χ0v) is 10.3. The Morgan fingerprint density at radius 2 is 1.65 bits per heavy atom. The van der Waals surface area contributed by atoms with Crippen LogP contribution in [0.1, 0.15) is 25.0 Å². The van der Waals surface area contributed by atoms with Gasteiger partial charge in [-0.25, -0.2) is 0 Å². The highest BCUT2D eigenvalue weighted by molar-refractivity contribution is 5.84. The third-order valence-electron chi connectivity index (χ3n) is 2.73. The van der Waals surface area contributed by atoms with E-state index in [4.69, 9.17) is 0 Å². The number of likely N-dealkylation sites (N-methyl/N-ethyl adjacent to an activating group) is 1. The van der Waals surface area contributed by atoms with Gasteiger partial charge in [-0.1, -0.05) is 29.8 Å². The molecule has 0 bridgehead atoms. The van der Waals surface area contributed by atoms with Crippen molar-refractivity contribution < 1.29 is 13.6 Å². The molecule has 1 rings (SSSR count). The molecule has 0 fully saturated rings. The van der Waals surface area contributed by atoms with E-state index < -0.39 is 11.8 Å². The average molecular weight is 241 g/mol. The summed E-state index contributed by atoms with van der Waals surface area (Å²) in [6.45, 7) is 5.76. The number of amides is 1. The fourth-order valence-corrected chi connectivity index (χ4v) is 1.60. The molecule has 2 nitrogen and oxygen atoms in total. The quantitative estimate of drug-likeness (QED) is 0.793. The standard InChI is InChI=1S/C13H17F2NO/c1-4-16(5-2)12(17)13(14,15)11-8-6-10(3)7-9-11/h6-9H,4-5H2,1-3H3. The number of hydrogen-bond donors (Lipinski definition) is 0. The molecule has 0 aliphatic heterocycles. The van der Waals surface area contributed by atoms with Crippen molar-refractivity contribution in [2.75, 3.05) is 13.1 Å². The molecule has 0 spiro atoms. The van der Waals surface area contributed by atoms with E-state index in [9.17, 15) is 13.6 Å². The number of alkyl halides is 2. The van der Waals surface area contributed by atoms with Gasteiger partial charge in [0.25, 0.3) is 5.91 Å². The minimum Gasteiger partial charge on any atom is -0.338 e. The first-order valence-electron chi connectivity index (χ1n) is 5.67. The molecular weight excluding hydrogens is 224 g/mol. The maximum atomic E-state index is 13.9. The molecule has 1 aromatic rings. The van der Waals surface area contributed by atoms with Gasteiger partial charge >= 0.3 is 5.92 Å². The number of nitrogens with zero attached hydrogens (tertiary/aromatic N) is 1. The molecule has 94 valence electrons. The summed E-state index contributed by atoms with van der Waals surface area (Å²) in [6, 6.07) is 5.77. The second-order valence-corrected chi connectivity index (χ2v) is 3.92. The molecular formula is C13H17F2NO. The summed E-state index contributed by atoms with van der Waals surface area (Å²) in [6.07, 6.45) is 0. The van der Waals surface area contributed by atoms with Crippen LogP contribution < -0.4 is 0 Å². The van der Waals surface area contributed by atoms with Crippen LogP contribution in [0.3, 0.4) is 0 Å². The molecule has 17 heavy (non-hydrogen) atoms. The van der Waals surface area contributed by atoms with E-state index in [0.29, 0.717) is 0 Å². The zero-order valence-electron chi connectivity index (χ0n) is 10.3. The maximum Gasteiger partial charge on any atom is 0.349 e. The third-order valence-corrected chi connectivity index (χ3v) is 2.73. The van der Waals surface area contributed by atoms with Crippen LogP contribution in [0.4, 0.5) is 8.78 Å². The molecule has 0 atom stereocenters. The van der Waals surface area contributed by atoms with Crippen LogP contribution in [0.25, 0.3) is 0 Å². The first-order valence-corrected chi connectivity index (χ1v) is 5.67. The lowest BCUT2D eigenvalue weighted by Crippen LogP contribution is -2.41. The molecule has 1 aromatic carbocycles. The number of halogens is 2. The highest BCUT2D eigenvalue weighted by Gasteiger charge is 2.43. The Balaban J connectivity index is 3.01. The molecule has 0 aromatic heterocycles. The summed E-state index contributed by atoms with van der Waals surface area (Å²) in [5.74, 6) is -4.58. The molecule has 0 saturated heterocycles. The summed E-state index contributed by atoms with van der Waals surface area (Å²) in [5, 5.41) is 0. The average Bonchev–Trinajstić information content (AvgIpc) is 2.31. The Morgan fingerprint density at radius 3 is 2.06 bits per heavy atom. The van der Waals surface area contributed by atoms with Gasteiger partial charge in [0.2, 0.25) is 0 Å². The molecule has 0 N–H and O–H groups in total. The fraction of sp³-hybridized carbons (Fsp3) is 0.462. The number of hydrogen-bond acceptors (Lipinski definition) is 1. The van der Waals surface area contributed by atoms with Gasteiger partial charge in [-0.3, -0.25) is 4.79 Å².